The lowest BCUT2D eigenvalue weighted by Gasteiger charge is -2.18. The van der Waals surface area contributed by atoms with Gasteiger partial charge in [0.25, 0.3) is 17.7 Å². The zero-order chi connectivity index (χ0) is 26.5. The van der Waals surface area contributed by atoms with Crippen LogP contribution in [-0.4, -0.2) is 37.3 Å². The molecule has 4 rings (SSSR count). The number of carbonyl (C=O) groups excluding carboxylic acids is 4. The molecule has 1 N–H and O–H groups in total. The average Bonchev–Trinajstić information content (AvgIpc) is 3.14. The predicted molar refractivity (Wildman–Crippen MR) is 142 cm³/mol. The van der Waals surface area contributed by atoms with E-state index in [-0.39, 0.29) is 34.5 Å². The van der Waals surface area contributed by atoms with E-state index in [2.05, 4.69) is 5.32 Å². The SMILES string of the molecule is CCCOC(=O)c1ccccc1N1C(=O)C(Cl)=C(Nc2ccc(C(=O)N(C)c3ccccc3)cc2)C1=O. The highest BCUT2D eigenvalue weighted by atomic mass is 35.5. The van der Waals surface area contributed by atoms with Crippen molar-refractivity contribution < 1.29 is 23.9 Å². The first-order chi connectivity index (χ1) is 17.8. The monoisotopic (exact) mass is 517 g/mol. The lowest BCUT2D eigenvalue weighted by atomic mass is 10.1. The summed E-state index contributed by atoms with van der Waals surface area (Å²) in [5.41, 5.74) is 1.66. The number of halogens is 1. The molecule has 0 aliphatic carbocycles. The molecule has 0 saturated carbocycles. The molecule has 3 aromatic carbocycles. The third-order valence-corrected chi connectivity index (χ3v) is 6.03. The number of hydrogen-bond acceptors (Lipinski definition) is 6. The number of hydrogen-bond donors (Lipinski definition) is 1. The molecule has 1 aliphatic rings. The lowest BCUT2D eigenvalue weighted by molar-refractivity contribution is -0.120. The van der Waals surface area contributed by atoms with Gasteiger partial charge in [0, 0.05) is 24.0 Å². The Hall–Kier alpha value is -4.43. The Morgan fingerprint density at radius 1 is 0.919 bits per heavy atom. The van der Waals surface area contributed by atoms with Crippen LogP contribution in [0.4, 0.5) is 17.1 Å². The van der Waals surface area contributed by atoms with E-state index in [1.54, 1.807) is 43.4 Å². The zero-order valence-electron chi connectivity index (χ0n) is 20.2. The van der Waals surface area contributed by atoms with Crippen molar-refractivity contribution >= 4 is 52.4 Å². The van der Waals surface area contributed by atoms with E-state index in [0.717, 1.165) is 10.6 Å². The van der Waals surface area contributed by atoms with Gasteiger partial charge in [0.1, 0.15) is 10.7 Å². The summed E-state index contributed by atoms with van der Waals surface area (Å²) in [6, 6.07) is 21.8. The minimum Gasteiger partial charge on any atom is -0.462 e. The van der Waals surface area contributed by atoms with Crippen molar-refractivity contribution in [3.8, 4) is 0 Å². The minimum absolute atomic E-state index is 0.0776. The van der Waals surface area contributed by atoms with Crippen LogP contribution < -0.4 is 15.1 Å². The molecule has 0 radical (unpaired) electrons. The highest BCUT2D eigenvalue weighted by molar-refractivity contribution is 6.53. The van der Waals surface area contributed by atoms with Gasteiger partial charge in [0.05, 0.1) is 17.9 Å². The number of nitrogens with zero attached hydrogens (tertiary/aromatic N) is 2. The molecule has 3 aromatic rings. The molecule has 1 aliphatic heterocycles. The molecular formula is C28H24ClN3O5. The fourth-order valence-corrected chi connectivity index (χ4v) is 3.96. The van der Waals surface area contributed by atoms with Crippen molar-refractivity contribution in [3.05, 3.63) is 101 Å². The average molecular weight is 518 g/mol. The smallest absolute Gasteiger partial charge is 0.340 e. The van der Waals surface area contributed by atoms with Gasteiger partial charge >= 0.3 is 5.97 Å². The number of carbonyl (C=O) groups is 4. The Kier molecular flexibility index (Phi) is 7.69. The Labute approximate surface area is 219 Å². The number of benzene rings is 3. The third-order valence-electron chi connectivity index (χ3n) is 5.68. The van der Waals surface area contributed by atoms with Gasteiger partial charge in [-0.25, -0.2) is 9.69 Å². The number of esters is 1. The van der Waals surface area contributed by atoms with E-state index in [4.69, 9.17) is 16.3 Å². The molecule has 0 unspecified atom stereocenters. The van der Waals surface area contributed by atoms with Gasteiger partial charge in [0.2, 0.25) is 0 Å². The van der Waals surface area contributed by atoms with E-state index < -0.39 is 17.8 Å². The van der Waals surface area contributed by atoms with Crippen molar-refractivity contribution in [2.24, 2.45) is 0 Å². The molecular weight excluding hydrogens is 494 g/mol. The first-order valence-electron chi connectivity index (χ1n) is 11.6. The Bertz CT molecular complexity index is 1390. The van der Waals surface area contributed by atoms with E-state index in [0.29, 0.717) is 17.7 Å². The van der Waals surface area contributed by atoms with Gasteiger partial charge in [-0.15, -0.1) is 0 Å². The van der Waals surface area contributed by atoms with Crippen molar-refractivity contribution in [1.29, 1.82) is 0 Å². The van der Waals surface area contributed by atoms with Gasteiger partial charge in [0.15, 0.2) is 0 Å². The first kappa shape index (κ1) is 25.7. The molecule has 37 heavy (non-hydrogen) atoms. The summed E-state index contributed by atoms with van der Waals surface area (Å²) in [5.74, 6) is -2.33. The second-order valence-corrected chi connectivity index (χ2v) is 8.57. The highest BCUT2D eigenvalue weighted by Gasteiger charge is 2.40. The molecule has 0 atom stereocenters. The molecule has 0 spiro atoms. The van der Waals surface area contributed by atoms with Crippen molar-refractivity contribution in [2.45, 2.75) is 13.3 Å². The molecule has 0 fully saturated rings. The first-order valence-corrected chi connectivity index (χ1v) is 12.0. The second-order valence-electron chi connectivity index (χ2n) is 8.19. The number of anilines is 3. The third kappa shape index (κ3) is 5.24. The quantitative estimate of drug-likeness (QED) is 0.335. The standard InChI is InChI=1S/C28H24ClN3O5/c1-3-17-37-28(36)21-11-7-8-12-22(21)32-26(34)23(29)24(27(32)35)30-19-15-13-18(14-16-19)25(33)31(2)20-9-5-4-6-10-20/h4-16,30H,3,17H2,1-2H3. The maximum Gasteiger partial charge on any atom is 0.340 e. The normalized spacial score (nSPS) is 13.1. The largest absolute Gasteiger partial charge is 0.462 e. The number of para-hydroxylation sites is 2. The Morgan fingerprint density at radius 3 is 2.24 bits per heavy atom. The van der Waals surface area contributed by atoms with Crippen LogP contribution >= 0.6 is 11.6 Å². The Balaban J connectivity index is 1.52. The summed E-state index contributed by atoms with van der Waals surface area (Å²) in [5, 5.41) is 2.56. The second kappa shape index (κ2) is 11.1. The minimum atomic E-state index is -0.763. The van der Waals surface area contributed by atoms with Crippen LogP contribution in [0.5, 0.6) is 0 Å². The van der Waals surface area contributed by atoms with Gasteiger partial charge in [-0.3, -0.25) is 14.4 Å². The van der Waals surface area contributed by atoms with Gasteiger partial charge < -0.3 is 15.0 Å². The number of nitrogens with one attached hydrogen (secondary N) is 1. The fraction of sp³-hybridized carbons (Fsp3) is 0.143. The topological polar surface area (TPSA) is 96.0 Å². The number of amides is 3. The number of imide groups is 1. The van der Waals surface area contributed by atoms with Crippen LogP contribution in [0, 0.1) is 0 Å². The highest BCUT2D eigenvalue weighted by Crippen LogP contribution is 2.32. The summed E-state index contributed by atoms with van der Waals surface area (Å²) in [6.07, 6.45) is 0.629. The van der Waals surface area contributed by atoms with Crippen LogP contribution in [-0.2, 0) is 14.3 Å². The Morgan fingerprint density at radius 2 is 1.57 bits per heavy atom. The lowest BCUT2D eigenvalue weighted by Crippen LogP contribution is -2.33. The van der Waals surface area contributed by atoms with Gasteiger partial charge in [-0.1, -0.05) is 48.9 Å². The van der Waals surface area contributed by atoms with Crippen molar-refractivity contribution in [2.75, 3.05) is 28.8 Å². The molecule has 8 nitrogen and oxygen atoms in total. The predicted octanol–water partition coefficient (Wildman–Crippen LogP) is 4.97. The summed E-state index contributed by atoms with van der Waals surface area (Å²) in [4.78, 5) is 53.9. The maximum absolute atomic E-state index is 13.2. The number of ether oxygens (including phenoxy) is 1. The van der Waals surface area contributed by atoms with Crippen molar-refractivity contribution in [3.63, 3.8) is 0 Å². The molecule has 188 valence electrons. The van der Waals surface area contributed by atoms with Gasteiger partial charge in [-0.2, -0.15) is 0 Å². The van der Waals surface area contributed by atoms with Crippen LogP contribution in [0.25, 0.3) is 0 Å². The van der Waals surface area contributed by atoms with Gasteiger partial charge in [-0.05, 0) is 55.0 Å². The van der Waals surface area contributed by atoms with E-state index in [1.165, 1.54) is 17.0 Å². The van der Waals surface area contributed by atoms with Crippen LogP contribution in [0.3, 0.4) is 0 Å². The van der Waals surface area contributed by atoms with Crippen molar-refractivity contribution in [1.82, 2.24) is 0 Å². The summed E-state index contributed by atoms with van der Waals surface area (Å²) >= 11 is 6.25. The van der Waals surface area contributed by atoms with Crippen LogP contribution in [0.1, 0.15) is 34.1 Å². The molecule has 0 saturated heterocycles. The summed E-state index contributed by atoms with van der Waals surface area (Å²) in [6.45, 7) is 2.07. The van der Waals surface area contributed by atoms with Crippen LogP contribution in [0.2, 0.25) is 0 Å². The summed E-state index contributed by atoms with van der Waals surface area (Å²) in [7, 11) is 1.68. The van der Waals surface area contributed by atoms with E-state index in [1.807, 2.05) is 37.3 Å². The fourth-order valence-electron chi connectivity index (χ4n) is 3.75. The molecule has 9 heteroatoms. The molecule has 1 heterocycles. The molecule has 3 amide bonds. The van der Waals surface area contributed by atoms with E-state index >= 15 is 0 Å². The zero-order valence-corrected chi connectivity index (χ0v) is 21.0. The van der Waals surface area contributed by atoms with E-state index in [9.17, 15) is 19.2 Å². The molecule has 0 aromatic heterocycles. The maximum atomic E-state index is 13.2. The molecule has 0 bridgehead atoms. The number of rotatable bonds is 8. The summed E-state index contributed by atoms with van der Waals surface area (Å²) < 4.78 is 5.19. The van der Waals surface area contributed by atoms with Crippen LogP contribution in [0.15, 0.2) is 89.6 Å².